The molecule has 1 fully saturated rings. The van der Waals surface area contributed by atoms with Gasteiger partial charge in [-0.05, 0) is 74.6 Å². The van der Waals surface area contributed by atoms with Crippen LogP contribution in [0.25, 0.3) is 27.8 Å². The van der Waals surface area contributed by atoms with Crippen LogP contribution in [0.2, 0.25) is 0 Å². The number of para-hydroxylation sites is 2. The number of carbonyl (C=O) groups excluding carboxylic acids is 1. The largest absolute Gasteiger partial charge is 0.508 e. The summed E-state index contributed by atoms with van der Waals surface area (Å²) in [6.07, 6.45) is 0.301. The van der Waals surface area contributed by atoms with E-state index in [0.29, 0.717) is 23.0 Å². The van der Waals surface area contributed by atoms with E-state index in [0.717, 1.165) is 44.6 Å². The van der Waals surface area contributed by atoms with Gasteiger partial charge in [0.15, 0.2) is 6.29 Å². The number of aliphatic hydroxyl groups is 1. The second kappa shape index (κ2) is 16.2. The predicted octanol–water partition coefficient (Wildman–Crippen LogP) is 6.98. The summed E-state index contributed by atoms with van der Waals surface area (Å²) in [5.74, 6) is 0.374. The predicted molar refractivity (Wildman–Crippen MR) is 207 cm³/mol. The van der Waals surface area contributed by atoms with Gasteiger partial charge in [-0.1, -0.05) is 104 Å². The summed E-state index contributed by atoms with van der Waals surface area (Å²) in [7, 11) is 0. The number of fused-ring (bicyclic) bond motifs is 1. The van der Waals surface area contributed by atoms with Crippen molar-refractivity contribution >= 4 is 28.7 Å². The van der Waals surface area contributed by atoms with Crippen molar-refractivity contribution in [2.24, 2.45) is 5.92 Å². The molecule has 55 heavy (non-hydrogen) atoms. The van der Waals surface area contributed by atoms with Crippen LogP contribution in [0.15, 0.2) is 133 Å². The number of amides is 1. The highest BCUT2D eigenvalue weighted by atomic mass is 32.2. The molecule has 1 amide bonds. The number of aliphatic hydroxyl groups excluding tert-OH is 1. The zero-order valence-corrected chi connectivity index (χ0v) is 30.6. The highest BCUT2D eigenvalue weighted by Gasteiger charge is 2.38. The molecule has 2 aromatic heterocycles. The van der Waals surface area contributed by atoms with E-state index in [1.807, 2.05) is 97.1 Å². The Morgan fingerprint density at radius 2 is 1.58 bits per heavy atom. The number of aromatic nitrogens is 6. The monoisotopic (exact) mass is 751 g/mol. The number of phenolic OH excluding ortho intramolecular Hbond substituents is 1. The maximum atomic E-state index is 13.1. The second-order valence-corrected chi connectivity index (χ2v) is 14.2. The molecule has 13 heteroatoms. The summed E-state index contributed by atoms with van der Waals surface area (Å²) >= 11 is 1.48. The van der Waals surface area contributed by atoms with Crippen LogP contribution in [0.5, 0.6) is 5.75 Å². The number of rotatable bonds is 11. The molecule has 0 saturated carbocycles. The number of ether oxygens (including phenoxy) is 2. The normalized spacial score (nSPS) is 18.3. The molecule has 1 saturated heterocycles. The fourth-order valence-electron chi connectivity index (χ4n) is 6.60. The Morgan fingerprint density at radius 3 is 2.36 bits per heavy atom. The molecule has 5 aromatic carbocycles. The van der Waals surface area contributed by atoms with Crippen molar-refractivity contribution in [3.05, 3.63) is 155 Å². The number of thioether (sulfide) groups is 1. The molecule has 0 radical (unpaired) electrons. The number of tetrazole rings is 1. The van der Waals surface area contributed by atoms with Gasteiger partial charge in [-0.25, -0.2) is 4.98 Å². The van der Waals surface area contributed by atoms with Crippen molar-refractivity contribution in [2.45, 2.75) is 43.7 Å². The molecular weight excluding hydrogens is 715 g/mol. The Hall–Kier alpha value is -5.99. The number of aromatic hydroxyl groups is 1. The van der Waals surface area contributed by atoms with E-state index < -0.39 is 6.29 Å². The number of carbonyl (C=O) groups is 1. The summed E-state index contributed by atoms with van der Waals surface area (Å²) in [5.41, 5.74) is 7.99. The molecule has 0 bridgehead atoms. The Morgan fingerprint density at radius 1 is 0.855 bits per heavy atom. The number of nitrogens with zero attached hydrogens (tertiary/aromatic N) is 6. The van der Waals surface area contributed by atoms with Crippen LogP contribution in [-0.2, 0) is 22.6 Å². The molecule has 1 aliphatic rings. The molecule has 276 valence electrons. The molecule has 7 aromatic rings. The minimum atomic E-state index is -0.663. The van der Waals surface area contributed by atoms with Crippen LogP contribution >= 0.6 is 11.8 Å². The zero-order chi connectivity index (χ0) is 37.7. The van der Waals surface area contributed by atoms with Crippen molar-refractivity contribution < 1.29 is 24.5 Å². The Labute approximate surface area is 321 Å². The van der Waals surface area contributed by atoms with Crippen molar-refractivity contribution in [1.82, 2.24) is 35.5 Å². The Bertz CT molecular complexity index is 2410. The first-order valence-corrected chi connectivity index (χ1v) is 18.8. The molecule has 12 nitrogen and oxygen atoms in total. The van der Waals surface area contributed by atoms with Crippen LogP contribution in [-0.4, -0.2) is 58.2 Å². The summed E-state index contributed by atoms with van der Waals surface area (Å²) in [5, 5.41) is 35.3. The topological polar surface area (TPSA) is 157 Å². The van der Waals surface area contributed by atoms with E-state index in [-0.39, 0.29) is 42.1 Å². The van der Waals surface area contributed by atoms with Gasteiger partial charge < -0.3 is 25.0 Å². The Kier molecular flexibility index (Phi) is 10.6. The third-order valence-electron chi connectivity index (χ3n) is 9.67. The molecular formula is C42H37N7O5S. The minimum Gasteiger partial charge on any atom is -0.508 e. The summed E-state index contributed by atoms with van der Waals surface area (Å²) in [6, 6.07) is 38.0. The van der Waals surface area contributed by atoms with Crippen molar-refractivity contribution in [2.75, 3.05) is 5.75 Å². The maximum absolute atomic E-state index is 13.1. The third kappa shape index (κ3) is 7.96. The van der Waals surface area contributed by atoms with Gasteiger partial charge in [0.05, 0.1) is 41.7 Å². The van der Waals surface area contributed by atoms with E-state index in [4.69, 9.17) is 9.47 Å². The highest BCUT2D eigenvalue weighted by molar-refractivity contribution is 7.99. The SMILES string of the molecule is C[C@@H]1[C@H](CSc2nnnn2-c2ccc(O)cc2)O[C@H](c2ccc(-c3ccccc3CNC(=O)c3cnc4ccccc4n3)cc2)O[C@@H]1c1ccc(CO)cc1. The van der Waals surface area contributed by atoms with Crippen LogP contribution in [0, 0.1) is 5.92 Å². The fraction of sp³-hybridized carbons (Fsp3) is 0.190. The van der Waals surface area contributed by atoms with Gasteiger partial charge >= 0.3 is 0 Å². The average molecular weight is 752 g/mol. The fourth-order valence-corrected chi connectivity index (χ4v) is 7.65. The van der Waals surface area contributed by atoms with Gasteiger partial charge in [0.25, 0.3) is 5.91 Å². The van der Waals surface area contributed by atoms with Gasteiger partial charge in [-0.15, -0.1) is 5.10 Å². The average Bonchev–Trinajstić information content (AvgIpc) is 3.71. The van der Waals surface area contributed by atoms with E-state index in [1.54, 1.807) is 28.9 Å². The van der Waals surface area contributed by atoms with Crippen LogP contribution in [0.3, 0.4) is 0 Å². The zero-order valence-electron chi connectivity index (χ0n) is 29.8. The number of benzene rings is 5. The number of nitrogens with one attached hydrogen (secondary N) is 1. The lowest BCUT2D eigenvalue weighted by Crippen LogP contribution is -2.38. The smallest absolute Gasteiger partial charge is 0.271 e. The molecule has 3 heterocycles. The van der Waals surface area contributed by atoms with Gasteiger partial charge in [0.1, 0.15) is 11.4 Å². The summed E-state index contributed by atoms with van der Waals surface area (Å²) < 4.78 is 15.0. The van der Waals surface area contributed by atoms with Crippen molar-refractivity contribution in [3.8, 4) is 22.6 Å². The van der Waals surface area contributed by atoms with E-state index in [9.17, 15) is 15.0 Å². The van der Waals surface area contributed by atoms with Gasteiger partial charge in [0.2, 0.25) is 5.16 Å². The van der Waals surface area contributed by atoms with E-state index >= 15 is 0 Å². The van der Waals surface area contributed by atoms with E-state index in [1.165, 1.54) is 18.0 Å². The molecule has 3 N–H and O–H groups in total. The van der Waals surface area contributed by atoms with Crippen LogP contribution in [0.1, 0.15) is 52.1 Å². The minimum absolute atomic E-state index is 0.0383. The van der Waals surface area contributed by atoms with Crippen LogP contribution in [0.4, 0.5) is 0 Å². The van der Waals surface area contributed by atoms with Crippen molar-refractivity contribution in [1.29, 1.82) is 0 Å². The van der Waals surface area contributed by atoms with Crippen molar-refractivity contribution in [3.63, 3.8) is 0 Å². The number of hydrogen-bond acceptors (Lipinski definition) is 11. The summed E-state index contributed by atoms with van der Waals surface area (Å²) in [4.78, 5) is 21.9. The molecule has 4 atom stereocenters. The quantitative estimate of drug-likeness (QED) is 0.117. The Balaban J connectivity index is 1.00. The lowest BCUT2D eigenvalue weighted by Gasteiger charge is -2.41. The number of hydrogen-bond donors (Lipinski definition) is 3. The maximum Gasteiger partial charge on any atom is 0.271 e. The third-order valence-corrected chi connectivity index (χ3v) is 10.7. The standard InChI is InChI=1S/C42H37N7O5S/c1-26-38(25-55-42-46-47-48-49(42)32-18-20-33(51)21-19-32)53-41(54-39(26)29-12-10-27(24-50)11-13-29)30-16-14-28(15-17-30)34-7-3-2-6-31(34)22-44-40(52)37-23-43-35-8-4-5-9-36(35)45-37/h2-21,23,26,38-39,41,50-51H,22,24-25H2,1H3,(H,44,52)/t26-,38+,39+,41+/m1/s1. The molecule has 0 unspecified atom stereocenters. The highest BCUT2D eigenvalue weighted by Crippen LogP contribution is 2.43. The van der Waals surface area contributed by atoms with E-state index in [2.05, 4.69) is 37.7 Å². The first kappa shape index (κ1) is 36.0. The van der Waals surface area contributed by atoms with Gasteiger partial charge in [-0.3, -0.25) is 9.78 Å². The first-order valence-electron chi connectivity index (χ1n) is 17.8. The molecule has 0 spiro atoms. The van der Waals surface area contributed by atoms with Gasteiger partial charge in [-0.2, -0.15) is 4.68 Å². The second-order valence-electron chi connectivity index (χ2n) is 13.2. The number of phenols is 1. The first-order chi connectivity index (χ1) is 26.9. The van der Waals surface area contributed by atoms with Gasteiger partial charge in [0, 0.05) is 23.8 Å². The molecule has 8 rings (SSSR count). The lowest BCUT2D eigenvalue weighted by atomic mass is 9.91. The molecule has 1 aliphatic heterocycles. The molecule has 0 aliphatic carbocycles. The lowest BCUT2D eigenvalue weighted by molar-refractivity contribution is -0.268. The van der Waals surface area contributed by atoms with Crippen LogP contribution < -0.4 is 5.32 Å². The summed E-state index contributed by atoms with van der Waals surface area (Å²) in [6.45, 7) is 2.38.